The molecular weight excluding hydrogens is 564 g/mol. The number of halogens is 1. The number of benzene rings is 1. The average molecular weight is 604 g/mol. The van der Waals surface area contributed by atoms with Crippen molar-refractivity contribution in [3.8, 4) is 0 Å². The van der Waals surface area contributed by atoms with Gasteiger partial charge in [0.05, 0.1) is 37.2 Å². The van der Waals surface area contributed by atoms with Crippen molar-refractivity contribution in [3.63, 3.8) is 0 Å². The Balaban J connectivity index is 1.73. The van der Waals surface area contributed by atoms with Crippen LogP contribution in [-0.2, 0) is 23.9 Å². The minimum Gasteiger partial charge on any atom is -0.465 e. The Morgan fingerprint density at radius 1 is 1.31 bits per heavy atom. The highest BCUT2D eigenvalue weighted by atomic mass is 79.9. The summed E-state index contributed by atoms with van der Waals surface area (Å²) < 4.78 is 12.2. The molecule has 212 valence electrons. The quantitative estimate of drug-likeness (QED) is 0.169. The van der Waals surface area contributed by atoms with Crippen LogP contribution in [0, 0.1) is 25.7 Å². The van der Waals surface area contributed by atoms with E-state index in [1.165, 1.54) is 4.90 Å². The highest BCUT2D eigenvalue weighted by Crippen LogP contribution is 2.60. The number of carbonyl (C=O) groups is 3. The van der Waals surface area contributed by atoms with E-state index in [1.807, 2.05) is 38.1 Å². The number of unbranched alkanes of at least 4 members (excludes halogenated alkanes) is 2. The van der Waals surface area contributed by atoms with Gasteiger partial charge in [-0.2, -0.15) is 0 Å². The molecule has 8 nitrogen and oxygen atoms in total. The molecule has 3 heterocycles. The Kier molecular flexibility index (Phi) is 9.03. The lowest BCUT2D eigenvalue weighted by Gasteiger charge is -2.39. The van der Waals surface area contributed by atoms with E-state index in [0.29, 0.717) is 12.8 Å². The molecule has 3 fully saturated rings. The molecule has 0 radical (unpaired) electrons. The summed E-state index contributed by atoms with van der Waals surface area (Å²) in [5.74, 6) is -2.87. The lowest BCUT2D eigenvalue weighted by atomic mass is 9.70. The molecule has 1 aromatic rings. The van der Waals surface area contributed by atoms with E-state index in [2.05, 4.69) is 29.1 Å². The van der Waals surface area contributed by atoms with Crippen molar-refractivity contribution in [1.29, 1.82) is 0 Å². The fourth-order valence-electron chi connectivity index (χ4n) is 6.43. The van der Waals surface area contributed by atoms with Gasteiger partial charge in [0.15, 0.2) is 0 Å². The predicted octanol–water partition coefficient (Wildman–Crippen LogP) is 3.85. The number of allylic oxidation sites excluding steroid dienone is 1. The Morgan fingerprint density at radius 2 is 2.05 bits per heavy atom. The van der Waals surface area contributed by atoms with Crippen molar-refractivity contribution in [3.05, 3.63) is 54.6 Å². The number of carbonyl (C=O) groups excluding carboxylic acids is 3. The van der Waals surface area contributed by atoms with Crippen molar-refractivity contribution in [2.24, 2.45) is 11.8 Å². The summed E-state index contributed by atoms with van der Waals surface area (Å²) >= 11 is 3.68. The molecule has 7 atom stereocenters. The van der Waals surface area contributed by atoms with Gasteiger partial charge in [-0.1, -0.05) is 40.2 Å². The maximum Gasteiger partial charge on any atom is 0.312 e. The summed E-state index contributed by atoms with van der Waals surface area (Å²) in [5, 5.41) is 10.1. The first-order valence-corrected chi connectivity index (χ1v) is 14.6. The lowest BCUT2D eigenvalue weighted by Crippen LogP contribution is -2.59. The van der Waals surface area contributed by atoms with Crippen LogP contribution in [0.2, 0.25) is 0 Å². The maximum atomic E-state index is 14.5. The Labute approximate surface area is 239 Å². The second-order valence-corrected chi connectivity index (χ2v) is 12.1. The van der Waals surface area contributed by atoms with E-state index in [0.717, 1.165) is 29.7 Å². The molecular formula is C30H39BrN2O6. The molecule has 2 amide bonds. The van der Waals surface area contributed by atoms with E-state index in [1.54, 1.807) is 17.9 Å². The number of esters is 1. The molecule has 1 N–H and O–H groups in total. The van der Waals surface area contributed by atoms with E-state index >= 15 is 0 Å². The number of fused-ring (bicyclic) bond motifs is 1. The van der Waals surface area contributed by atoms with Gasteiger partial charge in [-0.15, -0.1) is 13.2 Å². The highest BCUT2D eigenvalue weighted by molar-refractivity contribution is 9.09. The number of aryl methyl sites for hydroxylation is 2. The number of amides is 2. The number of nitrogens with zero attached hydrogens (tertiary/aromatic N) is 2. The molecule has 3 unspecified atom stereocenters. The standard InChI is InChI=1S/C30H39BrN2O6/c1-6-8-9-10-14-38-29(37)23-24-27(35)33(20(5)17-34)26(30(24)16-21(31)25(23)39-30)28(36)32(13-7-2)22-15-18(3)11-12-19(22)4/h6-7,11-12,15,20-21,23-26,34H,1-2,8-10,13-14,16-17H2,3-5H3/t20-,21?,23-,24+,25-,26?,30?/m1/s1. The highest BCUT2D eigenvalue weighted by Gasteiger charge is 2.77. The molecule has 0 aromatic heterocycles. The normalized spacial score (nSPS) is 29.7. The zero-order chi connectivity index (χ0) is 28.5. The molecule has 1 spiro atoms. The summed E-state index contributed by atoms with van der Waals surface area (Å²) in [7, 11) is 0. The Hall–Kier alpha value is -2.49. The molecule has 0 saturated carbocycles. The summed E-state index contributed by atoms with van der Waals surface area (Å²) in [6, 6.07) is 4.20. The molecule has 0 aliphatic carbocycles. The number of hydrogen-bond donors (Lipinski definition) is 1. The van der Waals surface area contributed by atoms with Crippen LogP contribution in [0.1, 0.15) is 43.7 Å². The Morgan fingerprint density at radius 3 is 2.72 bits per heavy atom. The van der Waals surface area contributed by atoms with Crippen LogP contribution < -0.4 is 4.90 Å². The molecule has 2 bridgehead atoms. The molecule has 3 aliphatic rings. The molecule has 9 heteroatoms. The van der Waals surface area contributed by atoms with Gasteiger partial charge in [-0.05, 0) is 63.6 Å². The molecule has 4 rings (SSSR count). The minimum atomic E-state index is -1.22. The number of likely N-dealkylation sites (tertiary alicyclic amines) is 1. The second-order valence-electron chi connectivity index (χ2n) is 10.9. The van der Waals surface area contributed by atoms with Crippen molar-refractivity contribution >= 4 is 39.4 Å². The van der Waals surface area contributed by atoms with Crippen molar-refractivity contribution in [1.82, 2.24) is 4.90 Å². The molecule has 3 saturated heterocycles. The van der Waals surface area contributed by atoms with E-state index in [-0.39, 0.29) is 36.4 Å². The number of anilines is 1. The van der Waals surface area contributed by atoms with Crippen LogP contribution in [0.4, 0.5) is 5.69 Å². The number of hydrogen-bond acceptors (Lipinski definition) is 6. The largest absolute Gasteiger partial charge is 0.465 e. The minimum absolute atomic E-state index is 0.229. The van der Waals surface area contributed by atoms with E-state index < -0.39 is 41.6 Å². The number of aliphatic hydroxyl groups excluding tert-OH is 1. The number of alkyl halides is 1. The average Bonchev–Trinajstić information content (AvgIpc) is 3.51. The lowest BCUT2D eigenvalue weighted by molar-refractivity contribution is -0.155. The van der Waals surface area contributed by atoms with Crippen molar-refractivity contribution in [2.75, 3.05) is 24.7 Å². The van der Waals surface area contributed by atoms with Gasteiger partial charge in [0.2, 0.25) is 5.91 Å². The topological polar surface area (TPSA) is 96.4 Å². The summed E-state index contributed by atoms with van der Waals surface area (Å²) in [6.07, 6.45) is 5.65. The molecule has 1 aromatic carbocycles. The first-order chi connectivity index (χ1) is 18.6. The fraction of sp³-hybridized carbons (Fsp3) is 0.567. The number of rotatable bonds is 12. The third kappa shape index (κ3) is 5.09. The first kappa shape index (κ1) is 29.5. The molecule has 3 aliphatic heterocycles. The maximum absolute atomic E-state index is 14.5. The van der Waals surface area contributed by atoms with Crippen molar-refractivity contribution in [2.45, 2.75) is 75.1 Å². The molecule has 39 heavy (non-hydrogen) atoms. The number of aliphatic hydroxyl groups is 1. The van der Waals surface area contributed by atoms with Gasteiger partial charge in [-0.25, -0.2) is 0 Å². The van der Waals surface area contributed by atoms with Crippen LogP contribution in [0.3, 0.4) is 0 Å². The second kappa shape index (κ2) is 11.9. The third-order valence-electron chi connectivity index (χ3n) is 8.25. The van der Waals surface area contributed by atoms with Crippen molar-refractivity contribution < 1.29 is 29.0 Å². The van der Waals surface area contributed by atoms with E-state index in [4.69, 9.17) is 9.47 Å². The third-order valence-corrected chi connectivity index (χ3v) is 9.10. The summed E-state index contributed by atoms with van der Waals surface area (Å²) in [4.78, 5) is 44.8. The van der Waals surface area contributed by atoms with Gasteiger partial charge >= 0.3 is 5.97 Å². The van der Waals surface area contributed by atoms with Gasteiger partial charge in [0.25, 0.3) is 5.91 Å². The summed E-state index contributed by atoms with van der Waals surface area (Å²) in [6.45, 7) is 13.3. The fourth-order valence-corrected chi connectivity index (χ4v) is 7.37. The van der Waals surface area contributed by atoms with Gasteiger partial charge in [0.1, 0.15) is 11.6 Å². The zero-order valence-corrected chi connectivity index (χ0v) is 24.6. The van der Waals surface area contributed by atoms with Gasteiger partial charge in [-0.3, -0.25) is 14.4 Å². The van der Waals surface area contributed by atoms with Crippen LogP contribution in [0.5, 0.6) is 0 Å². The van der Waals surface area contributed by atoms with Crippen LogP contribution in [0.15, 0.2) is 43.5 Å². The smallest absolute Gasteiger partial charge is 0.312 e. The number of ether oxygens (including phenoxy) is 2. The summed E-state index contributed by atoms with van der Waals surface area (Å²) in [5.41, 5.74) is 1.40. The predicted molar refractivity (Wildman–Crippen MR) is 153 cm³/mol. The van der Waals surface area contributed by atoms with Crippen LogP contribution in [0.25, 0.3) is 0 Å². The monoisotopic (exact) mass is 602 g/mol. The van der Waals surface area contributed by atoms with E-state index in [9.17, 15) is 19.5 Å². The SMILES string of the molecule is C=CCCCCOC(=O)[C@H]1[C@@H]2OC3(CC2Br)C(C(=O)N(CC=C)c2cc(C)ccc2C)N([C@H](C)CO)C(=O)[C@H]13. The van der Waals surface area contributed by atoms with Crippen LogP contribution in [-0.4, -0.2) is 76.2 Å². The van der Waals surface area contributed by atoms with Crippen LogP contribution >= 0.6 is 15.9 Å². The zero-order valence-electron chi connectivity index (χ0n) is 23.0. The Bertz CT molecular complexity index is 1140. The first-order valence-electron chi connectivity index (χ1n) is 13.6. The van der Waals surface area contributed by atoms with Gasteiger partial charge < -0.3 is 24.4 Å². The van der Waals surface area contributed by atoms with Gasteiger partial charge in [0, 0.05) is 17.1 Å².